The average molecular weight is 561 g/mol. The van der Waals surface area contributed by atoms with Gasteiger partial charge >= 0.3 is 0 Å². The predicted octanol–water partition coefficient (Wildman–Crippen LogP) is 3.05. The Morgan fingerprint density at radius 3 is 2.39 bits per heavy atom. The van der Waals surface area contributed by atoms with Gasteiger partial charge in [-0.15, -0.1) is 10.2 Å². The van der Waals surface area contributed by atoms with Crippen LogP contribution in [0.1, 0.15) is 47.5 Å². The van der Waals surface area contributed by atoms with E-state index in [0.29, 0.717) is 50.0 Å². The third-order valence-corrected chi connectivity index (χ3v) is 6.90. The van der Waals surface area contributed by atoms with E-state index >= 15 is 0 Å². The average Bonchev–Trinajstić information content (AvgIpc) is 2.98. The molecular formula is C29H36N8O4. The minimum Gasteiger partial charge on any atom is -0.491 e. The van der Waals surface area contributed by atoms with Gasteiger partial charge in [0.1, 0.15) is 5.75 Å². The number of nitrogens with zero attached hydrogens (tertiary/aromatic N) is 5. The van der Waals surface area contributed by atoms with E-state index in [1.807, 2.05) is 43.0 Å². The first kappa shape index (κ1) is 28.1. The molecule has 2 aromatic carbocycles. The molecule has 12 nitrogen and oxygen atoms in total. The maximum absolute atomic E-state index is 12.8. The number of primary amides is 1. The summed E-state index contributed by atoms with van der Waals surface area (Å²) in [6, 6.07) is 15.1. The monoisotopic (exact) mass is 560 g/mol. The van der Waals surface area contributed by atoms with E-state index in [9.17, 15) is 9.59 Å². The van der Waals surface area contributed by atoms with Crippen LogP contribution >= 0.6 is 0 Å². The molecular weight excluding hydrogens is 524 g/mol. The summed E-state index contributed by atoms with van der Waals surface area (Å²) >= 11 is 0. The van der Waals surface area contributed by atoms with Crippen molar-refractivity contribution in [3.8, 4) is 5.75 Å². The van der Waals surface area contributed by atoms with Gasteiger partial charge in [-0.25, -0.2) is 0 Å². The van der Waals surface area contributed by atoms with Gasteiger partial charge < -0.3 is 35.6 Å². The number of benzene rings is 2. The maximum Gasteiger partial charge on any atom is 0.273 e. The number of hydrogen-bond acceptors (Lipinski definition) is 10. The predicted molar refractivity (Wildman–Crippen MR) is 156 cm³/mol. The molecule has 0 bridgehead atoms. The second-order valence-corrected chi connectivity index (χ2v) is 10.4. The highest BCUT2D eigenvalue weighted by atomic mass is 16.5. The number of carbonyl (C=O) groups is 2. The van der Waals surface area contributed by atoms with Crippen molar-refractivity contribution in [2.45, 2.75) is 38.8 Å². The molecule has 0 radical (unpaired) electrons. The van der Waals surface area contributed by atoms with E-state index in [0.717, 1.165) is 30.8 Å². The highest BCUT2D eigenvalue weighted by molar-refractivity contribution is 5.97. The van der Waals surface area contributed by atoms with Gasteiger partial charge in [-0.1, -0.05) is 0 Å². The molecule has 2 fully saturated rings. The Morgan fingerprint density at radius 1 is 1.00 bits per heavy atom. The number of piperidine rings is 1. The minimum absolute atomic E-state index is 0.0447. The number of aromatic nitrogens is 3. The van der Waals surface area contributed by atoms with Crippen LogP contribution in [-0.4, -0.2) is 83.4 Å². The van der Waals surface area contributed by atoms with Crippen LogP contribution in [0.4, 0.5) is 23.1 Å². The number of morpholine rings is 1. The lowest BCUT2D eigenvalue weighted by Crippen LogP contribution is -2.43. The van der Waals surface area contributed by atoms with E-state index in [-0.39, 0.29) is 29.6 Å². The van der Waals surface area contributed by atoms with Crippen molar-refractivity contribution in [1.29, 1.82) is 0 Å². The first-order chi connectivity index (χ1) is 19.9. The lowest BCUT2D eigenvalue weighted by atomic mass is 10.1. The van der Waals surface area contributed by atoms with Crippen molar-refractivity contribution in [3.63, 3.8) is 0 Å². The number of rotatable bonds is 9. The Bertz CT molecular complexity index is 1340. The summed E-state index contributed by atoms with van der Waals surface area (Å²) in [5.74, 6) is 0.676. The van der Waals surface area contributed by atoms with Crippen molar-refractivity contribution >= 4 is 35.0 Å². The number of nitrogens with one attached hydrogen (secondary N) is 2. The van der Waals surface area contributed by atoms with Gasteiger partial charge in [0.25, 0.3) is 11.8 Å². The number of anilines is 4. The fraction of sp³-hybridized carbons (Fsp3) is 0.414. The molecule has 41 heavy (non-hydrogen) atoms. The fourth-order valence-corrected chi connectivity index (χ4v) is 4.90. The third-order valence-electron chi connectivity index (χ3n) is 6.90. The Hall–Kier alpha value is -4.45. The van der Waals surface area contributed by atoms with Gasteiger partial charge in [0, 0.05) is 49.2 Å². The topological polar surface area (TPSA) is 148 Å². The van der Waals surface area contributed by atoms with E-state index in [1.54, 1.807) is 29.2 Å². The molecule has 12 heteroatoms. The molecule has 4 N–H and O–H groups in total. The zero-order valence-electron chi connectivity index (χ0n) is 23.4. The largest absolute Gasteiger partial charge is 0.491 e. The quantitative estimate of drug-likeness (QED) is 0.357. The molecule has 216 valence electrons. The van der Waals surface area contributed by atoms with Crippen molar-refractivity contribution in [3.05, 3.63) is 59.8 Å². The summed E-state index contributed by atoms with van der Waals surface area (Å²) < 4.78 is 11.1. The number of nitrogens with two attached hydrogens (primary N) is 1. The highest BCUT2D eigenvalue weighted by Gasteiger charge is 2.25. The van der Waals surface area contributed by atoms with Crippen molar-refractivity contribution < 1.29 is 19.1 Å². The van der Waals surface area contributed by atoms with Crippen LogP contribution in [0.2, 0.25) is 0 Å². The summed E-state index contributed by atoms with van der Waals surface area (Å²) in [6.45, 7) is 7.65. The SMILES string of the molecule is CC(C)Oc1ccc(N[C@@H]2CCCN(c3nnc(C(N)=O)c(Nc4ccc(C(=O)N5CCOCC5)cc4)n3)C2)cc1. The molecule has 2 saturated heterocycles. The number of ether oxygens (including phenoxy) is 2. The summed E-state index contributed by atoms with van der Waals surface area (Å²) in [5.41, 5.74) is 7.74. The molecule has 0 saturated carbocycles. The molecule has 1 atom stereocenters. The van der Waals surface area contributed by atoms with Crippen LogP contribution in [0.5, 0.6) is 5.75 Å². The van der Waals surface area contributed by atoms with Crippen LogP contribution in [0.15, 0.2) is 48.5 Å². The Labute approximate surface area is 239 Å². The van der Waals surface area contributed by atoms with Gasteiger partial charge in [-0.2, -0.15) is 4.98 Å². The molecule has 3 heterocycles. The summed E-state index contributed by atoms with van der Waals surface area (Å²) in [5, 5.41) is 15.0. The van der Waals surface area contributed by atoms with Gasteiger partial charge in [-0.05, 0) is 75.2 Å². The Morgan fingerprint density at radius 2 is 1.71 bits per heavy atom. The smallest absolute Gasteiger partial charge is 0.273 e. The molecule has 0 spiro atoms. The molecule has 3 aromatic rings. The first-order valence-electron chi connectivity index (χ1n) is 13.9. The van der Waals surface area contributed by atoms with Crippen molar-refractivity contribution in [2.24, 2.45) is 5.73 Å². The van der Waals surface area contributed by atoms with Crippen LogP contribution < -0.4 is 26.0 Å². The third kappa shape index (κ3) is 7.20. The number of amides is 2. The van der Waals surface area contributed by atoms with Gasteiger partial charge in [0.2, 0.25) is 5.95 Å². The second kappa shape index (κ2) is 12.8. The normalized spacial score (nSPS) is 17.3. The van der Waals surface area contributed by atoms with Crippen LogP contribution in [0.3, 0.4) is 0 Å². The number of carbonyl (C=O) groups excluding carboxylic acids is 2. The van der Waals surface area contributed by atoms with Crippen molar-refractivity contribution in [2.75, 3.05) is 54.9 Å². The lowest BCUT2D eigenvalue weighted by Gasteiger charge is -2.33. The zero-order chi connectivity index (χ0) is 28.8. The van der Waals surface area contributed by atoms with E-state index in [2.05, 4.69) is 25.8 Å². The Balaban J connectivity index is 1.26. The lowest BCUT2D eigenvalue weighted by molar-refractivity contribution is 0.0303. The zero-order valence-corrected chi connectivity index (χ0v) is 23.4. The molecule has 2 amide bonds. The second-order valence-electron chi connectivity index (χ2n) is 10.4. The summed E-state index contributed by atoms with van der Waals surface area (Å²) in [7, 11) is 0. The highest BCUT2D eigenvalue weighted by Crippen LogP contribution is 2.24. The van der Waals surface area contributed by atoms with E-state index < -0.39 is 5.91 Å². The first-order valence-corrected chi connectivity index (χ1v) is 13.9. The van der Waals surface area contributed by atoms with E-state index in [4.69, 9.17) is 15.2 Å². The molecule has 1 aromatic heterocycles. The van der Waals surface area contributed by atoms with Crippen LogP contribution in [-0.2, 0) is 4.74 Å². The van der Waals surface area contributed by atoms with Gasteiger partial charge in [-0.3, -0.25) is 9.59 Å². The summed E-state index contributed by atoms with van der Waals surface area (Å²) in [4.78, 5) is 33.3. The maximum atomic E-state index is 12.8. The fourth-order valence-electron chi connectivity index (χ4n) is 4.90. The van der Waals surface area contributed by atoms with Crippen molar-refractivity contribution in [1.82, 2.24) is 20.1 Å². The summed E-state index contributed by atoms with van der Waals surface area (Å²) in [6.07, 6.45) is 2.06. The van der Waals surface area contributed by atoms with E-state index in [1.165, 1.54) is 0 Å². The number of hydrogen-bond donors (Lipinski definition) is 3. The molecule has 5 rings (SSSR count). The van der Waals surface area contributed by atoms with Crippen LogP contribution in [0.25, 0.3) is 0 Å². The molecule has 0 aliphatic carbocycles. The van der Waals surface area contributed by atoms with Gasteiger partial charge in [0.15, 0.2) is 11.5 Å². The molecule has 2 aliphatic rings. The van der Waals surface area contributed by atoms with Gasteiger partial charge in [0.05, 0.1) is 19.3 Å². The standard InChI is InChI=1S/C29H36N8O4/c1-19(2)41-24-11-9-21(10-12-24)31-23-4-3-13-37(18-23)29-33-27(25(26(30)38)34-35-29)32-22-7-5-20(6-8-22)28(39)36-14-16-40-17-15-36/h5-12,19,23,31H,3-4,13-18H2,1-2H3,(H2,30,38)(H,32,33,35)/t23-/m1/s1. The Kier molecular flexibility index (Phi) is 8.78. The molecule has 0 unspecified atom stereocenters. The van der Waals surface area contributed by atoms with Crippen LogP contribution in [0, 0.1) is 0 Å². The minimum atomic E-state index is -0.735. The molecule has 2 aliphatic heterocycles.